The third-order valence-corrected chi connectivity index (χ3v) is 3.82. The Bertz CT molecular complexity index is 232. The van der Waals surface area contributed by atoms with E-state index in [1.54, 1.807) is 0 Å². The third kappa shape index (κ3) is 1.54. The van der Waals surface area contributed by atoms with E-state index < -0.39 is 0 Å². The van der Waals surface area contributed by atoms with Gasteiger partial charge in [-0.2, -0.15) is 0 Å². The number of hydrogen-bond acceptors (Lipinski definition) is 1. The van der Waals surface area contributed by atoms with Crippen LogP contribution in [0.3, 0.4) is 0 Å². The Morgan fingerprint density at radius 2 is 1.50 bits per heavy atom. The highest BCUT2D eigenvalue weighted by molar-refractivity contribution is 9.13. The summed E-state index contributed by atoms with van der Waals surface area (Å²) in [7, 11) is 0. The molecule has 0 saturated carbocycles. The molecular formula is C6H4Br3N. The molecule has 1 nitrogen and oxygen atoms in total. The first-order valence-corrected chi connectivity index (χ1v) is 4.90. The zero-order chi connectivity index (χ0) is 7.72. The molecule has 0 radical (unpaired) electrons. The number of halogens is 3. The minimum absolute atomic E-state index is 0.717. The van der Waals surface area contributed by atoms with E-state index in [0.29, 0.717) is 0 Å². The Labute approximate surface area is 84.4 Å². The summed E-state index contributed by atoms with van der Waals surface area (Å²) in [5, 5.41) is 0. The topological polar surface area (TPSA) is 26.0 Å². The predicted molar refractivity (Wildman–Crippen MR) is 54.0 cm³/mol. The summed E-state index contributed by atoms with van der Waals surface area (Å²) in [4.78, 5) is 0. The second-order valence-electron chi connectivity index (χ2n) is 1.76. The van der Waals surface area contributed by atoms with Crippen molar-refractivity contribution in [3.63, 3.8) is 0 Å². The fraction of sp³-hybridized carbons (Fsp3) is 0. The van der Waals surface area contributed by atoms with E-state index in [1.165, 1.54) is 0 Å². The largest absolute Gasteiger partial charge is 0.397 e. The average Bonchev–Trinajstić information content (AvgIpc) is 1.93. The molecule has 0 aliphatic heterocycles. The number of hydrogen-bond donors (Lipinski definition) is 1. The predicted octanol–water partition coefficient (Wildman–Crippen LogP) is 3.56. The van der Waals surface area contributed by atoms with Crippen LogP contribution in [-0.2, 0) is 0 Å². The highest BCUT2D eigenvalue weighted by atomic mass is 79.9. The first kappa shape index (κ1) is 8.56. The molecule has 0 saturated heterocycles. The fourth-order valence-corrected chi connectivity index (χ4v) is 1.83. The van der Waals surface area contributed by atoms with Crippen molar-refractivity contribution < 1.29 is 0 Å². The van der Waals surface area contributed by atoms with Gasteiger partial charge in [0.15, 0.2) is 0 Å². The molecule has 10 heavy (non-hydrogen) atoms. The normalized spacial score (nSPS) is 9.90. The van der Waals surface area contributed by atoms with Crippen LogP contribution in [0.2, 0.25) is 0 Å². The van der Waals surface area contributed by atoms with E-state index >= 15 is 0 Å². The highest BCUT2D eigenvalue weighted by Crippen LogP contribution is 2.33. The summed E-state index contributed by atoms with van der Waals surface area (Å²) in [5.41, 5.74) is 6.38. The van der Waals surface area contributed by atoms with Gasteiger partial charge in [0, 0.05) is 8.95 Å². The van der Waals surface area contributed by atoms with Crippen LogP contribution in [-0.4, -0.2) is 0 Å². The maximum Gasteiger partial charge on any atom is 0.0614 e. The molecule has 0 aliphatic rings. The van der Waals surface area contributed by atoms with Gasteiger partial charge in [-0.15, -0.1) is 0 Å². The highest BCUT2D eigenvalue weighted by Gasteiger charge is 2.02. The minimum atomic E-state index is 0.717. The molecular weight excluding hydrogens is 326 g/mol. The Hall–Kier alpha value is 0.460. The summed E-state index contributed by atoms with van der Waals surface area (Å²) in [6.45, 7) is 0. The lowest BCUT2D eigenvalue weighted by atomic mass is 10.3. The zero-order valence-electron chi connectivity index (χ0n) is 4.87. The third-order valence-electron chi connectivity index (χ3n) is 1.08. The fourth-order valence-electron chi connectivity index (χ4n) is 0.543. The minimum Gasteiger partial charge on any atom is -0.397 e. The van der Waals surface area contributed by atoms with Gasteiger partial charge in [0.25, 0.3) is 0 Å². The lowest BCUT2D eigenvalue weighted by molar-refractivity contribution is 1.54. The van der Waals surface area contributed by atoms with Crippen LogP contribution in [0.5, 0.6) is 0 Å². The molecule has 2 N–H and O–H groups in total. The second-order valence-corrected chi connectivity index (χ2v) is 4.26. The van der Waals surface area contributed by atoms with Gasteiger partial charge in [0.05, 0.1) is 10.2 Å². The van der Waals surface area contributed by atoms with Gasteiger partial charge < -0.3 is 5.73 Å². The number of rotatable bonds is 0. The zero-order valence-corrected chi connectivity index (χ0v) is 9.62. The van der Waals surface area contributed by atoms with Crippen molar-refractivity contribution in [1.29, 1.82) is 0 Å². The van der Waals surface area contributed by atoms with Crippen LogP contribution < -0.4 is 5.73 Å². The number of nitrogens with two attached hydrogens (primary N) is 1. The molecule has 0 aliphatic carbocycles. The molecule has 0 unspecified atom stereocenters. The van der Waals surface area contributed by atoms with Crippen molar-refractivity contribution in [2.45, 2.75) is 0 Å². The lowest BCUT2D eigenvalue weighted by Crippen LogP contribution is -1.87. The molecule has 0 bridgehead atoms. The van der Waals surface area contributed by atoms with E-state index in [0.717, 1.165) is 19.1 Å². The quantitative estimate of drug-likeness (QED) is 0.571. The van der Waals surface area contributed by atoms with Crippen molar-refractivity contribution in [3.8, 4) is 0 Å². The van der Waals surface area contributed by atoms with Crippen molar-refractivity contribution in [2.24, 2.45) is 0 Å². The lowest BCUT2D eigenvalue weighted by Gasteiger charge is -2.01. The Kier molecular flexibility index (Phi) is 2.77. The number of nitrogen functional groups attached to an aromatic ring is 1. The Balaban J connectivity index is 3.34. The molecule has 0 aromatic heterocycles. The molecule has 0 heterocycles. The summed E-state index contributed by atoms with van der Waals surface area (Å²) < 4.78 is 2.76. The summed E-state index contributed by atoms with van der Waals surface area (Å²) >= 11 is 9.96. The standard InChI is InChI=1S/C6H4Br3N/c7-3-1-2-4(8)6(10)5(3)9/h1-2H,10H2. The first-order chi connectivity index (χ1) is 4.63. The molecule has 1 rings (SSSR count). The van der Waals surface area contributed by atoms with Crippen LogP contribution in [0.15, 0.2) is 25.6 Å². The second kappa shape index (κ2) is 3.24. The summed E-state index contributed by atoms with van der Waals surface area (Å²) in [5.74, 6) is 0. The summed E-state index contributed by atoms with van der Waals surface area (Å²) in [6.07, 6.45) is 0. The molecule has 0 amide bonds. The van der Waals surface area contributed by atoms with Crippen LogP contribution in [0, 0.1) is 0 Å². The Morgan fingerprint density at radius 3 is 2.00 bits per heavy atom. The van der Waals surface area contributed by atoms with Gasteiger partial charge in [-0.1, -0.05) is 0 Å². The maximum absolute atomic E-state index is 5.66. The number of anilines is 1. The molecule has 54 valence electrons. The maximum atomic E-state index is 5.66. The van der Waals surface area contributed by atoms with E-state index in [9.17, 15) is 0 Å². The first-order valence-electron chi connectivity index (χ1n) is 2.52. The number of benzene rings is 1. The molecule has 0 fully saturated rings. The van der Waals surface area contributed by atoms with Gasteiger partial charge in [0.2, 0.25) is 0 Å². The smallest absolute Gasteiger partial charge is 0.0614 e. The van der Waals surface area contributed by atoms with Gasteiger partial charge in [0.1, 0.15) is 0 Å². The molecule has 0 atom stereocenters. The van der Waals surface area contributed by atoms with E-state index in [1.807, 2.05) is 12.1 Å². The van der Waals surface area contributed by atoms with Crippen molar-refractivity contribution in [3.05, 3.63) is 25.6 Å². The average molecular weight is 330 g/mol. The van der Waals surface area contributed by atoms with Crippen molar-refractivity contribution in [1.82, 2.24) is 0 Å². The summed E-state index contributed by atoms with van der Waals surface area (Å²) in [6, 6.07) is 3.81. The van der Waals surface area contributed by atoms with Crippen LogP contribution in [0.25, 0.3) is 0 Å². The van der Waals surface area contributed by atoms with Gasteiger partial charge in [-0.05, 0) is 59.9 Å². The van der Waals surface area contributed by atoms with E-state index in [-0.39, 0.29) is 0 Å². The monoisotopic (exact) mass is 327 g/mol. The van der Waals surface area contributed by atoms with Crippen LogP contribution in [0.4, 0.5) is 5.69 Å². The SMILES string of the molecule is Nc1c(Br)ccc(Br)c1Br. The van der Waals surface area contributed by atoms with Crippen LogP contribution in [0.1, 0.15) is 0 Å². The van der Waals surface area contributed by atoms with E-state index in [4.69, 9.17) is 5.73 Å². The van der Waals surface area contributed by atoms with Gasteiger partial charge >= 0.3 is 0 Å². The van der Waals surface area contributed by atoms with Gasteiger partial charge in [-0.25, -0.2) is 0 Å². The molecule has 4 heteroatoms. The van der Waals surface area contributed by atoms with E-state index in [2.05, 4.69) is 47.8 Å². The van der Waals surface area contributed by atoms with Crippen LogP contribution >= 0.6 is 47.8 Å². The van der Waals surface area contributed by atoms with Gasteiger partial charge in [-0.3, -0.25) is 0 Å². The Morgan fingerprint density at radius 1 is 1.00 bits per heavy atom. The molecule has 1 aromatic rings. The molecule has 0 spiro atoms. The molecule has 1 aromatic carbocycles. The van der Waals surface area contributed by atoms with Crippen molar-refractivity contribution in [2.75, 3.05) is 5.73 Å². The van der Waals surface area contributed by atoms with Crippen molar-refractivity contribution >= 4 is 53.5 Å².